The molecule has 1 aromatic heterocycles. The lowest BCUT2D eigenvalue weighted by Crippen LogP contribution is -2.28. The first-order valence-electron chi connectivity index (χ1n) is 6.84. The van der Waals surface area contributed by atoms with Crippen molar-refractivity contribution >= 4 is 33.2 Å². The number of nitrogens with one attached hydrogen (secondary N) is 1. The van der Waals surface area contributed by atoms with E-state index in [-0.39, 0.29) is 5.91 Å². The number of aromatic nitrogens is 1. The molecular weight excluding hydrogens is 346 g/mol. The Morgan fingerprint density at radius 3 is 2.91 bits per heavy atom. The van der Waals surface area contributed by atoms with Crippen molar-refractivity contribution in [1.82, 2.24) is 4.98 Å². The molecule has 1 atom stereocenters. The summed E-state index contributed by atoms with van der Waals surface area (Å²) in [5, 5.41) is 6.84. The maximum atomic E-state index is 12.3. The first-order chi connectivity index (χ1) is 10.6. The van der Waals surface area contributed by atoms with Crippen LogP contribution in [-0.2, 0) is 9.63 Å². The highest BCUT2D eigenvalue weighted by Crippen LogP contribution is 2.23. The first kappa shape index (κ1) is 14.7. The Morgan fingerprint density at radius 2 is 2.14 bits per heavy atom. The molecule has 1 N–H and O–H groups in total. The van der Waals surface area contributed by atoms with Crippen molar-refractivity contribution in [2.45, 2.75) is 19.4 Å². The molecule has 1 amide bonds. The predicted octanol–water partition coefficient (Wildman–Crippen LogP) is 3.28. The Labute approximate surface area is 136 Å². The quantitative estimate of drug-likeness (QED) is 0.855. The number of halogens is 1. The van der Waals surface area contributed by atoms with E-state index in [1.54, 1.807) is 6.20 Å². The fraction of sp³-hybridized carbons (Fsp3) is 0.188. The number of pyridine rings is 1. The van der Waals surface area contributed by atoms with Crippen LogP contribution in [0.1, 0.15) is 17.5 Å². The highest BCUT2D eigenvalue weighted by atomic mass is 79.9. The molecule has 0 saturated heterocycles. The molecule has 0 spiro atoms. The van der Waals surface area contributed by atoms with Crippen LogP contribution < -0.4 is 5.32 Å². The lowest BCUT2D eigenvalue weighted by molar-refractivity contribution is -0.125. The van der Waals surface area contributed by atoms with Crippen molar-refractivity contribution in [3.05, 3.63) is 58.3 Å². The van der Waals surface area contributed by atoms with E-state index in [1.807, 2.05) is 43.3 Å². The number of benzene rings is 1. The van der Waals surface area contributed by atoms with Gasteiger partial charge in [0.2, 0.25) is 6.10 Å². The minimum atomic E-state index is -0.623. The number of hydrogen-bond acceptors (Lipinski definition) is 4. The summed E-state index contributed by atoms with van der Waals surface area (Å²) in [5.41, 5.74) is 3.34. The third-order valence-corrected chi connectivity index (χ3v) is 3.93. The van der Waals surface area contributed by atoms with Crippen LogP contribution in [0, 0.1) is 6.92 Å². The zero-order chi connectivity index (χ0) is 15.5. The smallest absolute Gasteiger partial charge is 0.268 e. The van der Waals surface area contributed by atoms with E-state index < -0.39 is 6.10 Å². The summed E-state index contributed by atoms with van der Waals surface area (Å²) in [4.78, 5) is 21.7. The SMILES string of the molecule is Cc1cnc(Br)c(NC(=O)C2CC(c3ccccc3)=NO2)c1. The number of nitrogens with zero attached hydrogens (tertiary/aromatic N) is 2. The van der Waals surface area contributed by atoms with Gasteiger partial charge in [-0.25, -0.2) is 4.98 Å². The van der Waals surface area contributed by atoms with Crippen LogP contribution in [-0.4, -0.2) is 22.7 Å². The molecule has 0 aliphatic carbocycles. The summed E-state index contributed by atoms with van der Waals surface area (Å²) < 4.78 is 0.591. The molecule has 0 fully saturated rings. The molecule has 2 heterocycles. The molecule has 6 heteroatoms. The van der Waals surface area contributed by atoms with Crippen LogP contribution in [0.4, 0.5) is 5.69 Å². The molecule has 0 saturated carbocycles. The van der Waals surface area contributed by atoms with Gasteiger partial charge in [0.05, 0.1) is 11.4 Å². The van der Waals surface area contributed by atoms with Crippen LogP contribution >= 0.6 is 15.9 Å². The van der Waals surface area contributed by atoms with Crippen LogP contribution in [0.15, 0.2) is 52.4 Å². The van der Waals surface area contributed by atoms with Gasteiger partial charge in [-0.1, -0.05) is 35.5 Å². The molecule has 1 aromatic carbocycles. The Kier molecular flexibility index (Phi) is 4.20. The van der Waals surface area contributed by atoms with Gasteiger partial charge < -0.3 is 10.2 Å². The van der Waals surface area contributed by atoms with Gasteiger partial charge in [-0.3, -0.25) is 4.79 Å². The van der Waals surface area contributed by atoms with Gasteiger partial charge in [0, 0.05) is 12.6 Å². The third-order valence-electron chi connectivity index (χ3n) is 3.30. The number of hydrogen-bond donors (Lipinski definition) is 1. The van der Waals surface area contributed by atoms with Crippen LogP contribution in [0.25, 0.3) is 0 Å². The molecule has 5 nitrogen and oxygen atoms in total. The second-order valence-corrected chi connectivity index (χ2v) is 5.79. The van der Waals surface area contributed by atoms with Crippen molar-refractivity contribution in [3.8, 4) is 0 Å². The number of carbonyl (C=O) groups excluding carboxylic acids is 1. The Balaban J connectivity index is 1.67. The zero-order valence-corrected chi connectivity index (χ0v) is 13.5. The minimum absolute atomic E-state index is 0.234. The predicted molar refractivity (Wildman–Crippen MR) is 87.8 cm³/mol. The summed E-state index contributed by atoms with van der Waals surface area (Å²) in [5.74, 6) is -0.234. The summed E-state index contributed by atoms with van der Waals surface area (Å²) >= 11 is 3.32. The average molecular weight is 360 g/mol. The molecule has 22 heavy (non-hydrogen) atoms. The van der Waals surface area contributed by atoms with E-state index in [4.69, 9.17) is 4.84 Å². The number of oxime groups is 1. The third kappa shape index (κ3) is 3.17. The van der Waals surface area contributed by atoms with E-state index in [9.17, 15) is 4.79 Å². The molecule has 112 valence electrons. The fourth-order valence-electron chi connectivity index (χ4n) is 2.17. The second kappa shape index (κ2) is 6.27. The highest BCUT2D eigenvalue weighted by molar-refractivity contribution is 9.10. The molecule has 1 aliphatic rings. The van der Waals surface area contributed by atoms with Crippen LogP contribution in [0.2, 0.25) is 0 Å². The topological polar surface area (TPSA) is 63.6 Å². The van der Waals surface area contributed by atoms with Gasteiger partial charge >= 0.3 is 0 Å². The van der Waals surface area contributed by atoms with Crippen molar-refractivity contribution in [1.29, 1.82) is 0 Å². The number of carbonyl (C=O) groups is 1. The normalized spacial score (nSPS) is 16.8. The molecule has 3 rings (SSSR count). The summed E-state index contributed by atoms with van der Waals surface area (Å²) in [7, 11) is 0. The number of anilines is 1. The van der Waals surface area contributed by atoms with Crippen molar-refractivity contribution in [2.24, 2.45) is 5.16 Å². The van der Waals surface area contributed by atoms with Gasteiger partial charge in [-0.2, -0.15) is 0 Å². The van der Waals surface area contributed by atoms with E-state index in [0.29, 0.717) is 16.7 Å². The number of rotatable bonds is 3. The standard InChI is InChI=1S/C16H14BrN3O2/c1-10-7-13(15(17)18-9-10)19-16(21)14-8-12(20-22-14)11-5-3-2-4-6-11/h2-7,9,14H,8H2,1H3,(H,19,21). The maximum absolute atomic E-state index is 12.3. The van der Waals surface area contributed by atoms with Crippen LogP contribution in [0.3, 0.4) is 0 Å². The lowest BCUT2D eigenvalue weighted by atomic mass is 10.0. The van der Waals surface area contributed by atoms with Gasteiger partial charge in [0.25, 0.3) is 5.91 Å². The minimum Gasteiger partial charge on any atom is -0.382 e. The number of aryl methyl sites for hydroxylation is 1. The van der Waals surface area contributed by atoms with Gasteiger partial charge in [0.1, 0.15) is 4.60 Å². The summed E-state index contributed by atoms with van der Waals surface area (Å²) in [6, 6.07) is 11.5. The summed E-state index contributed by atoms with van der Waals surface area (Å²) in [6.07, 6.45) is 1.55. The average Bonchev–Trinajstić information content (AvgIpc) is 3.02. The van der Waals surface area contributed by atoms with Crippen molar-refractivity contribution in [2.75, 3.05) is 5.32 Å². The largest absolute Gasteiger partial charge is 0.382 e. The molecule has 0 radical (unpaired) electrons. The summed E-state index contributed by atoms with van der Waals surface area (Å²) in [6.45, 7) is 1.91. The van der Waals surface area contributed by atoms with Crippen molar-refractivity contribution < 1.29 is 9.63 Å². The Hall–Kier alpha value is -2.21. The molecule has 1 aliphatic heterocycles. The van der Waals surface area contributed by atoms with Gasteiger partial charge in [0.15, 0.2) is 0 Å². The molecule has 2 aromatic rings. The monoisotopic (exact) mass is 359 g/mol. The van der Waals surface area contributed by atoms with Gasteiger partial charge in [-0.15, -0.1) is 0 Å². The van der Waals surface area contributed by atoms with E-state index >= 15 is 0 Å². The Morgan fingerprint density at radius 1 is 1.36 bits per heavy atom. The first-order valence-corrected chi connectivity index (χ1v) is 7.64. The van der Waals surface area contributed by atoms with Gasteiger partial charge in [-0.05, 0) is 40.0 Å². The molecule has 1 unspecified atom stereocenters. The highest BCUT2D eigenvalue weighted by Gasteiger charge is 2.29. The van der Waals surface area contributed by atoms with Crippen molar-refractivity contribution in [3.63, 3.8) is 0 Å². The lowest BCUT2D eigenvalue weighted by Gasteiger charge is -2.11. The van der Waals surface area contributed by atoms with Crippen LogP contribution in [0.5, 0.6) is 0 Å². The molecular formula is C16H14BrN3O2. The van der Waals surface area contributed by atoms with E-state index in [0.717, 1.165) is 16.8 Å². The van der Waals surface area contributed by atoms with E-state index in [2.05, 4.69) is 31.4 Å². The van der Waals surface area contributed by atoms with E-state index in [1.165, 1.54) is 0 Å². The Bertz CT molecular complexity index is 731. The molecule has 0 bridgehead atoms. The zero-order valence-electron chi connectivity index (χ0n) is 11.9. The second-order valence-electron chi connectivity index (χ2n) is 5.04. The number of amides is 1. The fourth-order valence-corrected chi connectivity index (χ4v) is 2.49. The maximum Gasteiger partial charge on any atom is 0.268 e.